The van der Waals surface area contributed by atoms with Gasteiger partial charge in [0.05, 0.1) is 5.92 Å². The predicted molar refractivity (Wildman–Crippen MR) is 55.7 cm³/mol. The Balaban J connectivity index is 4.54. The number of nitrogens with zero attached hydrogens (tertiary/aromatic N) is 1. The van der Waals surface area contributed by atoms with Gasteiger partial charge in [-0.3, -0.25) is 14.5 Å². The van der Waals surface area contributed by atoms with Gasteiger partial charge in [0.2, 0.25) is 0 Å². The molecule has 0 aliphatic carbocycles. The Hall–Kier alpha value is -1.10. The fourth-order valence-corrected chi connectivity index (χ4v) is 1.35. The van der Waals surface area contributed by atoms with Crippen molar-refractivity contribution in [1.82, 2.24) is 4.90 Å². The fraction of sp³-hybridized carbons (Fsp3) is 0.800. The summed E-state index contributed by atoms with van der Waals surface area (Å²) in [4.78, 5) is 23.2. The molecule has 88 valence electrons. The van der Waals surface area contributed by atoms with Crippen LogP contribution in [0.15, 0.2) is 0 Å². The minimum Gasteiger partial charge on any atom is -0.481 e. The van der Waals surface area contributed by atoms with Crippen molar-refractivity contribution in [2.24, 2.45) is 5.92 Å². The van der Waals surface area contributed by atoms with E-state index in [0.717, 1.165) is 0 Å². The molecule has 0 saturated heterocycles. The van der Waals surface area contributed by atoms with Crippen molar-refractivity contribution in [1.29, 1.82) is 0 Å². The quantitative estimate of drug-likeness (QED) is 0.691. The summed E-state index contributed by atoms with van der Waals surface area (Å²) in [6, 6.07) is -0.648. The highest BCUT2D eigenvalue weighted by molar-refractivity contribution is 5.73. The van der Waals surface area contributed by atoms with Crippen molar-refractivity contribution in [3.05, 3.63) is 0 Å². The first-order chi connectivity index (χ1) is 6.77. The molecule has 5 nitrogen and oxygen atoms in total. The first-order valence-electron chi connectivity index (χ1n) is 4.98. The molecule has 2 unspecified atom stereocenters. The Bertz CT molecular complexity index is 240. The van der Waals surface area contributed by atoms with Gasteiger partial charge in [0, 0.05) is 12.6 Å². The average molecular weight is 217 g/mol. The molecule has 0 aliphatic heterocycles. The third-order valence-electron chi connectivity index (χ3n) is 2.42. The molecule has 0 spiro atoms. The zero-order chi connectivity index (χ0) is 12.2. The summed E-state index contributed by atoms with van der Waals surface area (Å²) >= 11 is 0. The molecule has 2 N–H and O–H groups in total. The molecular formula is C10H19NO4. The minimum absolute atomic E-state index is 0.0119. The van der Waals surface area contributed by atoms with E-state index in [4.69, 9.17) is 10.2 Å². The molecule has 0 aliphatic rings. The molecule has 0 heterocycles. The fourth-order valence-electron chi connectivity index (χ4n) is 1.35. The topological polar surface area (TPSA) is 77.8 Å². The van der Waals surface area contributed by atoms with Crippen molar-refractivity contribution < 1.29 is 19.8 Å². The zero-order valence-corrected chi connectivity index (χ0v) is 9.60. The summed E-state index contributed by atoms with van der Waals surface area (Å²) in [5.41, 5.74) is 0. The number of carboxylic acid groups (broad SMARTS) is 2. The highest BCUT2D eigenvalue weighted by atomic mass is 16.4. The van der Waals surface area contributed by atoms with Gasteiger partial charge in [-0.25, -0.2) is 0 Å². The van der Waals surface area contributed by atoms with Gasteiger partial charge in [-0.15, -0.1) is 0 Å². The van der Waals surface area contributed by atoms with Crippen molar-refractivity contribution in [2.45, 2.75) is 39.8 Å². The van der Waals surface area contributed by atoms with Crippen LogP contribution in [0.1, 0.15) is 27.7 Å². The van der Waals surface area contributed by atoms with Gasteiger partial charge in [0.1, 0.15) is 6.04 Å². The molecule has 0 saturated carbocycles. The van der Waals surface area contributed by atoms with E-state index in [0.29, 0.717) is 0 Å². The van der Waals surface area contributed by atoms with E-state index in [1.54, 1.807) is 18.7 Å². The van der Waals surface area contributed by atoms with Crippen molar-refractivity contribution in [3.8, 4) is 0 Å². The van der Waals surface area contributed by atoms with Crippen LogP contribution < -0.4 is 0 Å². The molecule has 5 heteroatoms. The van der Waals surface area contributed by atoms with Crippen molar-refractivity contribution in [2.75, 3.05) is 6.54 Å². The first-order valence-corrected chi connectivity index (χ1v) is 4.98. The van der Waals surface area contributed by atoms with E-state index >= 15 is 0 Å². The first kappa shape index (κ1) is 13.9. The number of carbonyl (C=O) groups is 2. The molecular weight excluding hydrogens is 198 g/mol. The average Bonchev–Trinajstić information content (AvgIpc) is 2.11. The third-order valence-corrected chi connectivity index (χ3v) is 2.42. The lowest BCUT2D eigenvalue weighted by Gasteiger charge is -2.31. The van der Waals surface area contributed by atoms with Crippen LogP contribution in [0.25, 0.3) is 0 Å². The van der Waals surface area contributed by atoms with E-state index in [2.05, 4.69) is 0 Å². The summed E-state index contributed by atoms with van der Waals surface area (Å²) in [5, 5.41) is 17.6. The maximum atomic E-state index is 10.8. The summed E-state index contributed by atoms with van der Waals surface area (Å²) < 4.78 is 0. The Labute approximate surface area is 89.7 Å². The van der Waals surface area contributed by atoms with E-state index in [1.165, 1.54) is 0 Å². The second-order valence-corrected chi connectivity index (χ2v) is 4.04. The summed E-state index contributed by atoms with van der Waals surface area (Å²) in [6.07, 6.45) is 0. The molecule has 0 aromatic carbocycles. The summed E-state index contributed by atoms with van der Waals surface area (Å²) in [5.74, 6) is -2.39. The number of hydrogen-bond donors (Lipinski definition) is 2. The Kier molecular flexibility index (Phi) is 5.28. The van der Waals surface area contributed by atoms with Crippen LogP contribution in [0.4, 0.5) is 0 Å². The molecule has 0 aromatic rings. The van der Waals surface area contributed by atoms with Gasteiger partial charge in [-0.2, -0.15) is 0 Å². The number of rotatable bonds is 6. The van der Waals surface area contributed by atoms with Crippen LogP contribution in [0, 0.1) is 5.92 Å². The number of carboxylic acids is 2. The maximum absolute atomic E-state index is 10.8. The van der Waals surface area contributed by atoms with Crippen molar-refractivity contribution in [3.63, 3.8) is 0 Å². The van der Waals surface area contributed by atoms with Gasteiger partial charge in [-0.1, -0.05) is 6.92 Å². The van der Waals surface area contributed by atoms with Crippen LogP contribution in [0.3, 0.4) is 0 Å². The predicted octanol–water partition coefficient (Wildman–Crippen LogP) is 0.891. The van der Waals surface area contributed by atoms with Gasteiger partial charge in [0.15, 0.2) is 0 Å². The normalized spacial score (nSPS) is 15.3. The van der Waals surface area contributed by atoms with Gasteiger partial charge in [0.25, 0.3) is 0 Å². The van der Waals surface area contributed by atoms with E-state index in [1.807, 2.05) is 13.8 Å². The van der Waals surface area contributed by atoms with Gasteiger partial charge >= 0.3 is 11.9 Å². The Morgan fingerprint density at radius 1 is 1.07 bits per heavy atom. The van der Waals surface area contributed by atoms with Crippen LogP contribution in [0.5, 0.6) is 0 Å². The lowest BCUT2D eigenvalue weighted by molar-refractivity contribution is -0.147. The number of hydrogen-bond acceptors (Lipinski definition) is 3. The van der Waals surface area contributed by atoms with E-state index in [-0.39, 0.29) is 12.6 Å². The molecule has 2 atom stereocenters. The van der Waals surface area contributed by atoms with E-state index in [9.17, 15) is 9.59 Å². The van der Waals surface area contributed by atoms with Crippen LogP contribution in [0.2, 0.25) is 0 Å². The van der Waals surface area contributed by atoms with Gasteiger partial charge < -0.3 is 10.2 Å². The standard InChI is InChI=1S/C10H19NO4/c1-6(2)11(8(4)10(14)15)5-7(3)9(12)13/h6-8H,5H2,1-4H3,(H,12,13)(H,14,15). The Morgan fingerprint density at radius 3 is 1.80 bits per heavy atom. The SMILES string of the molecule is CC(CN(C(C)C)C(C)C(=O)O)C(=O)O. The molecule has 0 bridgehead atoms. The zero-order valence-electron chi connectivity index (χ0n) is 9.60. The second-order valence-electron chi connectivity index (χ2n) is 4.04. The largest absolute Gasteiger partial charge is 0.481 e. The van der Waals surface area contributed by atoms with Gasteiger partial charge in [-0.05, 0) is 20.8 Å². The smallest absolute Gasteiger partial charge is 0.320 e. The minimum atomic E-state index is -0.929. The lowest BCUT2D eigenvalue weighted by atomic mass is 10.1. The van der Waals surface area contributed by atoms with Crippen molar-refractivity contribution >= 4 is 11.9 Å². The monoisotopic (exact) mass is 217 g/mol. The van der Waals surface area contributed by atoms with Crippen LogP contribution in [-0.2, 0) is 9.59 Å². The summed E-state index contributed by atoms with van der Waals surface area (Å²) in [6.45, 7) is 7.10. The molecule has 0 amide bonds. The molecule has 0 rings (SSSR count). The molecule has 0 fully saturated rings. The third kappa shape index (κ3) is 4.29. The van der Waals surface area contributed by atoms with E-state index < -0.39 is 23.9 Å². The number of aliphatic carboxylic acids is 2. The second kappa shape index (κ2) is 5.70. The highest BCUT2D eigenvalue weighted by Gasteiger charge is 2.26. The highest BCUT2D eigenvalue weighted by Crippen LogP contribution is 2.10. The van der Waals surface area contributed by atoms with Crippen LogP contribution in [-0.4, -0.2) is 45.7 Å². The summed E-state index contributed by atoms with van der Waals surface area (Å²) in [7, 11) is 0. The maximum Gasteiger partial charge on any atom is 0.320 e. The molecule has 0 aromatic heterocycles. The van der Waals surface area contributed by atoms with Crippen LogP contribution >= 0.6 is 0 Å². The Morgan fingerprint density at radius 2 is 1.53 bits per heavy atom. The molecule has 0 radical (unpaired) electrons. The lowest BCUT2D eigenvalue weighted by Crippen LogP contribution is -2.46. The molecule has 15 heavy (non-hydrogen) atoms.